The molecule has 0 aliphatic carbocycles. The Labute approximate surface area is 99.4 Å². The zero-order valence-corrected chi connectivity index (χ0v) is 9.81. The van der Waals surface area contributed by atoms with Crippen LogP contribution in [0.1, 0.15) is 24.2 Å². The predicted octanol–water partition coefficient (Wildman–Crippen LogP) is 2.38. The lowest BCUT2D eigenvalue weighted by atomic mass is 10.1. The number of esters is 1. The molecule has 0 fully saturated rings. The Kier molecular flexibility index (Phi) is 2.95. The van der Waals surface area contributed by atoms with E-state index in [4.69, 9.17) is 10.5 Å². The number of rotatable bonds is 2. The molecule has 0 unspecified atom stereocenters. The van der Waals surface area contributed by atoms with Crippen LogP contribution in [0.25, 0.3) is 10.9 Å². The number of fused-ring (bicyclic) bond motifs is 1. The summed E-state index contributed by atoms with van der Waals surface area (Å²) < 4.78 is 5.13. The van der Waals surface area contributed by atoms with Crippen LogP contribution < -0.4 is 5.73 Å². The number of nitrogens with two attached hydrogens (primary N) is 1. The van der Waals surface area contributed by atoms with E-state index in [0.717, 1.165) is 10.9 Å². The van der Waals surface area contributed by atoms with Crippen LogP contribution in [0, 0.1) is 0 Å². The Hall–Kier alpha value is -2.10. The van der Waals surface area contributed by atoms with E-state index in [1.165, 1.54) is 0 Å². The normalized spacial score (nSPS) is 10.8. The topological polar surface area (TPSA) is 65.2 Å². The summed E-state index contributed by atoms with van der Waals surface area (Å²) in [6.07, 6.45) is 1.53. The van der Waals surface area contributed by atoms with Gasteiger partial charge in [-0.3, -0.25) is 4.98 Å². The summed E-state index contributed by atoms with van der Waals surface area (Å²) in [6.45, 7) is 3.60. The van der Waals surface area contributed by atoms with Gasteiger partial charge in [-0.15, -0.1) is 0 Å². The minimum Gasteiger partial charge on any atom is -0.459 e. The highest BCUT2D eigenvalue weighted by Gasteiger charge is 2.14. The van der Waals surface area contributed by atoms with Gasteiger partial charge in [-0.05, 0) is 38.1 Å². The molecule has 4 nitrogen and oxygen atoms in total. The van der Waals surface area contributed by atoms with Crippen LogP contribution in [0.15, 0.2) is 30.5 Å². The molecule has 0 radical (unpaired) electrons. The first-order valence-electron chi connectivity index (χ1n) is 5.44. The summed E-state index contributed by atoms with van der Waals surface area (Å²) in [5.74, 6) is -0.400. The molecule has 4 heteroatoms. The van der Waals surface area contributed by atoms with Crippen molar-refractivity contribution in [3.8, 4) is 0 Å². The lowest BCUT2D eigenvalue weighted by Crippen LogP contribution is -2.13. The summed E-state index contributed by atoms with van der Waals surface area (Å²) in [4.78, 5) is 16.0. The Morgan fingerprint density at radius 1 is 1.35 bits per heavy atom. The molecule has 17 heavy (non-hydrogen) atoms. The second kappa shape index (κ2) is 4.41. The Bertz CT molecular complexity index is 564. The van der Waals surface area contributed by atoms with Crippen LogP contribution in [-0.4, -0.2) is 17.1 Å². The highest BCUT2D eigenvalue weighted by atomic mass is 16.5. The fourth-order valence-electron chi connectivity index (χ4n) is 1.63. The molecule has 0 saturated carbocycles. The fraction of sp³-hybridized carbons (Fsp3) is 0.231. The van der Waals surface area contributed by atoms with Gasteiger partial charge in [0.1, 0.15) is 0 Å². The first-order chi connectivity index (χ1) is 8.09. The molecule has 1 aromatic carbocycles. The zero-order chi connectivity index (χ0) is 12.4. The van der Waals surface area contributed by atoms with E-state index in [-0.39, 0.29) is 6.10 Å². The van der Waals surface area contributed by atoms with Crippen LogP contribution in [-0.2, 0) is 4.74 Å². The van der Waals surface area contributed by atoms with Gasteiger partial charge in [0.2, 0.25) is 0 Å². The molecule has 1 aromatic heterocycles. The van der Waals surface area contributed by atoms with Gasteiger partial charge in [0.05, 0.1) is 22.9 Å². The highest BCUT2D eigenvalue weighted by molar-refractivity contribution is 6.04. The first-order valence-corrected chi connectivity index (χ1v) is 5.44. The van der Waals surface area contributed by atoms with Crippen molar-refractivity contribution in [2.45, 2.75) is 20.0 Å². The van der Waals surface area contributed by atoms with Crippen LogP contribution in [0.3, 0.4) is 0 Å². The lowest BCUT2D eigenvalue weighted by Gasteiger charge is -2.10. The minimum atomic E-state index is -0.400. The SMILES string of the molecule is CC(C)OC(=O)c1ccc2ncccc2c1N. The molecule has 0 aliphatic heterocycles. The number of aromatic nitrogens is 1. The average molecular weight is 230 g/mol. The summed E-state index contributed by atoms with van der Waals surface area (Å²) in [7, 11) is 0. The summed E-state index contributed by atoms with van der Waals surface area (Å²) in [5, 5.41) is 0.769. The average Bonchev–Trinajstić information content (AvgIpc) is 2.28. The van der Waals surface area contributed by atoms with Crippen LogP contribution >= 0.6 is 0 Å². The van der Waals surface area contributed by atoms with Gasteiger partial charge in [0.15, 0.2) is 0 Å². The molecule has 0 atom stereocenters. The molecule has 0 aliphatic rings. The number of nitrogen functional groups attached to an aromatic ring is 1. The monoisotopic (exact) mass is 230 g/mol. The van der Waals surface area contributed by atoms with E-state index < -0.39 is 5.97 Å². The number of benzene rings is 1. The van der Waals surface area contributed by atoms with E-state index in [1.807, 2.05) is 6.07 Å². The number of carbonyl (C=O) groups is 1. The van der Waals surface area contributed by atoms with Crippen molar-refractivity contribution in [1.82, 2.24) is 4.98 Å². The van der Waals surface area contributed by atoms with E-state index >= 15 is 0 Å². The first kappa shape index (κ1) is 11.4. The maximum absolute atomic E-state index is 11.8. The number of ether oxygens (including phenoxy) is 1. The molecule has 2 N–H and O–H groups in total. The van der Waals surface area contributed by atoms with Crippen molar-refractivity contribution < 1.29 is 9.53 Å². The Morgan fingerprint density at radius 3 is 2.82 bits per heavy atom. The Morgan fingerprint density at radius 2 is 2.12 bits per heavy atom. The second-order valence-corrected chi connectivity index (χ2v) is 4.05. The second-order valence-electron chi connectivity index (χ2n) is 4.05. The number of hydrogen-bond acceptors (Lipinski definition) is 4. The van der Waals surface area contributed by atoms with Crippen molar-refractivity contribution in [3.05, 3.63) is 36.0 Å². The summed E-state index contributed by atoms with van der Waals surface area (Å²) in [6, 6.07) is 7.04. The number of carbonyl (C=O) groups excluding carboxylic acids is 1. The number of nitrogens with zero attached hydrogens (tertiary/aromatic N) is 1. The molecule has 0 saturated heterocycles. The smallest absolute Gasteiger partial charge is 0.340 e. The van der Waals surface area contributed by atoms with Gasteiger partial charge in [-0.2, -0.15) is 0 Å². The van der Waals surface area contributed by atoms with Gasteiger partial charge in [-0.1, -0.05) is 0 Å². The molecule has 2 rings (SSSR count). The Balaban J connectivity index is 2.49. The van der Waals surface area contributed by atoms with Crippen molar-refractivity contribution >= 4 is 22.6 Å². The predicted molar refractivity (Wildman–Crippen MR) is 66.7 cm³/mol. The van der Waals surface area contributed by atoms with Gasteiger partial charge in [-0.25, -0.2) is 4.79 Å². The number of hydrogen-bond donors (Lipinski definition) is 1. The van der Waals surface area contributed by atoms with E-state index in [1.54, 1.807) is 38.2 Å². The lowest BCUT2D eigenvalue weighted by molar-refractivity contribution is 0.0379. The van der Waals surface area contributed by atoms with Crippen LogP contribution in [0.4, 0.5) is 5.69 Å². The van der Waals surface area contributed by atoms with E-state index in [2.05, 4.69) is 4.98 Å². The highest BCUT2D eigenvalue weighted by Crippen LogP contribution is 2.24. The van der Waals surface area contributed by atoms with Gasteiger partial charge in [0.25, 0.3) is 0 Å². The third-order valence-electron chi connectivity index (χ3n) is 2.39. The molecule has 88 valence electrons. The van der Waals surface area contributed by atoms with Crippen molar-refractivity contribution in [2.75, 3.05) is 5.73 Å². The number of anilines is 1. The third-order valence-corrected chi connectivity index (χ3v) is 2.39. The third kappa shape index (κ3) is 2.20. The van der Waals surface area contributed by atoms with E-state index in [9.17, 15) is 4.79 Å². The standard InChI is InChI=1S/C13H14N2O2/c1-8(2)17-13(16)10-5-6-11-9(12(10)14)4-3-7-15-11/h3-8H,14H2,1-2H3. The molecule has 0 spiro atoms. The molecule has 0 amide bonds. The molecule has 2 aromatic rings. The van der Waals surface area contributed by atoms with Crippen LogP contribution in [0.2, 0.25) is 0 Å². The molecular weight excluding hydrogens is 216 g/mol. The quantitative estimate of drug-likeness (QED) is 0.635. The van der Waals surface area contributed by atoms with Gasteiger partial charge < -0.3 is 10.5 Å². The van der Waals surface area contributed by atoms with Crippen LogP contribution in [0.5, 0.6) is 0 Å². The molecule has 1 heterocycles. The fourth-order valence-corrected chi connectivity index (χ4v) is 1.63. The summed E-state index contributed by atoms with van der Waals surface area (Å²) >= 11 is 0. The maximum atomic E-state index is 11.8. The van der Waals surface area contributed by atoms with Gasteiger partial charge >= 0.3 is 5.97 Å². The minimum absolute atomic E-state index is 0.161. The largest absolute Gasteiger partial charge is 0.459 e. The number of pyridine rings is 1. The van der Waals surface area contributed by atoms with Crippen molar-refractivity contribution in [3.63, 3.8) is 0 Å². The zero-order valence-electron chi connectivity index (χ0n) is 9.81. The molecular formula is C13H14N2O2. The van der Waals surface area contributed by atoms with Gasteiger partial charge in [0, 0.05) is 11.6 Å². The molecule has 0 bridgehead atoms. The van der Waals surface area contributed by atoms with Crippen molar-refractivity contribution in [2.24, 2.45) is 0 Å². The van der Waals surface area contributed by atoms with E-state index in [0.29, 0.717) is 11.3 Å². The summed E-state index contributed by atoms with van der Waals surface area (Å²) in [5.41, 5.74) is 7.53. The maximum Gasteiger partial charge on any atom is 0.340 e. The van der Waals surface area contributed by atoms with Crippen molar-refractivity contribution in [1.29, 1.82) is 0 Å².